The predicted octanol–water partition coefficient (Wildman–Crippen LogP) is 2.25. The zero-order valence-corrected chi connectivity index (χ0v) is 11.9. The summed E-state index contributed by atoms with van der Waals surface area (Å²) in [4.78, 5) is 13.0. The average molecular weight is 276 g/mol. The number of nitriles is 1. The lowest BCUT2D eigenvalue weighted by Crippen LogP contribution is -2.32. The third-order valence-corrected chi connectivity index (χ3v) is 2.96. The first kappa shape index (κ1) is 16.0. The van der Waals surface area contributed by atoms with Crippen molar-refractivity contribution < 1.29 is 14.6 Å². The number of likely N-dealkylation sites (N-methyl/N-ethyl adjacent to an activating group) is 1. The van der Waals surface area contributed by atoms with E-state index in [1.807, 2.05) is 13.8 Å². The highest BCUT2D eigenvalue weighted by Crippen LogP contribution is 2.13. The molecule has 0 amide bonds. The summed E-state index contributed by atoms with van der Waals surface area (Å²) in [6, 6.07) is 8.65. The van der Waals surface area contributed by atoms with Crippen molar-refractivity contribution >= 4 is 5.97 Å². The van der Waals surface area contributed by atoms with Gasteiger partial charge >= 0.3 is 5.97 Å². The summed E-state index contributed by atoms with van der Waals surface area (Å²) in [5.41, 5.74) is 0.216. The van der Waals surface area contributed by atoms with Crippen LogP contribution in [-0.4, -0.2) is 42.2 Å². The number of carbonyl (C=O) groups is 1. The first-order chi connectivity index (χ1) is 9.56. The van der Waals surface area contributed by atoms with Crippen molar-refractivity contribution in [3.05, 3.63) is 29.8 Å². The minimum Gasteiger partial charge on any atom is -0.492 e. The molecular weight excluding hydrogens is 256 g/mol. The Morgan fingerprint density at radius 3 is 2.90 bits per heavy atom. The summed E-state index contributed by atoms with van der Waals surface area (Å²) in [6.45, 7) is 6.67. The van der Waals surface area contributed by atoms with Crippen LogP contribution < -0.4 is 4.74 Å². The Balaban J connectivity index is 2.45. The highest BCUT2D eigenvalue weighted by Gasteiger charge is 2.08. The molecule has 1 atom stereocenters. The Kier molecular flexibility index (Phi) is 6.54. The molecule has 108 valence electrons. The molecule has 0 fully saturated rings. The second-order valence-corrected chi connectivity index (χ2v) is 4.60. The van der Waals surface area contributed by atoms with Gasteiger partial charge in [0.15, 0.2) is 0 Å². The van der Waals surface area contributed by atoms with Crippen LogP contribution in [0.1, 0.15) is 24.2 Å². The minimum atomic E-state index is -0.964. The lowest BCUT2D eigenvalue weighted by molar-refractivity contribution is 0.0696. The standard InChI is InChI=1S/C15H20N2O3/c1-3-17(11-12(2)10-16)7-8-20-14-6-4-5-13(9-14)15(18)19/h4-6,9,12H,3,7-8,11H2,1-2H3,(H,18,19). The molecule has 20 heavy (non-hydrogen) atoms. The Bertz CT molecular complexity index is 482. The van der Waals surface area contributed by atoms with Gasteiger partial charge in [0.05, 0.1) is 17.6 Å². The molecule has 0 spiro atoms. The number of rotatable bonds is 8. The molecule has 0 aliphatic heterocycles. The van der Waals surface area contributed by atoms with Gasteiger partial charge in [0.2, 0.25) is 0 Å². The van der Waals surface area contributed by atoms with Gasteiger partial charge in [0, 0.05) is 13.1 Å². The summed E-state index contributed by atoms with van der Waals surface area (Å²) >= 11 is 0. The normalized spacial score (nSPS) is 11.9. The van der Waals surface area contributed by atoms with E-state index >= 15 is 0 Å². The number of ether oxygens (including phenoxy) is 1. The molecule has 0 bridgehead atoms. The number of aromatic carboxylic acids is 1. The third kappa shape index (κ3) is 5.29. The lowest BCUT2D eigenvalue weighted by atomic mass is 10.2. The fraction of sp³-hybridized carbons (Fsp3) is 0.467. The van der Waals surface area contributed by atoms with Crippen LogP contribution in [0.15, 0.2) is 24.3 Å². The van der Waals surface area contributed by atoms with Crippen LogP contribution in [0.2, 0.25) is 0 Å². The van der Waals surface area contributed by atoms with E-state index < -0.39 is 5.97 Å². The van der Waals surface area contributed by atoms with Gasteiger partial charge in [0.25, 0.3) is 0 Å². The molecule has 5 nitrogen and oxygen atoms in total. The van der Waals surface area contributed by atoms with Gasteiger partial charge in [-0.25, -0.2) is 4.79 Å². The average Bonchev–Trinajstić information content (AvgIpc) is 2.46. The molecule has 0 aromatic heterocycles. The predicted molar refractivity (Wildman–Crippen MR) is 75.8 cm³/mol. The Morgan fingerprint density at radius 1 is 1.55 bits per heavy atom. The first-order valence-electron chi connectivity index (χ1n) is 6.65. The summed E-state index contributed by atoms with van der Waals surface area (Å²) in [7, 11) is 0. The van der Waals surface area contributed by atoms with Crippen molar-refractivity contribution in [2.45, 2.75) is 13.8 Å². The van der Waals surface area contributed by atoms with Crippen molar-refractivity contribution in [2.24, 2.45) is 5.92 Å². The van der Waals surface area contributed by atoms with Gasteiger partial charge in [-0.1, -0.05) is 13.0 Å². The van der Waals surface area contributed by atoms with Gasteiger partial charge in [-0.2, -0.15) is 5.26 Å². The summed E-state index contributed by atoms with van der Waals surface area (Å²) in [5, 5.41) is 17.7. The van der Waals surface area contributed by atoms with E-state index in [-0.39, 0.29) is 11.5 Å². The molecule has 0 aliphatic rings. The molecular formula is C15H20N2O3. The minimum absolute atomic E-state index is 0.00899. The van der Waals surface area contributed by atoms with Gasteiger partial charge in [-0.3, -0.25) is 4.90 Å². The molecule has 0 heterocycles. The summed E-state index contributed by atoms with van der Waals surface area (Å²) < 4.78 is 5.56. The molecule has 0 saturated carbocycles. The van der Waals surface area contributed by atoms with E-state index in [0.717, 1.165) is 6.54 Å². The second-order valence-electron chi connectivity index (χ2n) is 4.60. The van der Waals surface area contributed by atoms with E-state index in [2.05, 4.69) is 11.0 Å². The summed E-state index contributed by atoms with van der Waals surface area (Å²) in [6.07, 6.45) is 0. The molecule has 1 aromatic rings. The molecule has 5 heteroatoms. The highest BCUT2D eigenvalue weighted by atomic mass is 16.5. The Hall–Kier alpha value is -2.06. The molecule has 0 radical (unpaired) electrons. The maximum atomic E-state index is 10.8. The first-order valence-corrected chi connectivity index (χ1v) is 6.65. The quantitative estimate of drug-likeness (QED) is 0.788. The van der Waals surface area contributed by atoms with Gasteiger partial charge in [-0.15, -0.1) is 0 Å². The Morgan fingerprint density at radius 2 is 2.30 bits per heavy atom. The summed E-state index contributed by atoms with van der Waals surface area (Å²) in [5.74, 6) is -0.423. The van der Waals surface area contributed by atoms with E-state index in [1.165, 1.54) is 12.1 Å². The van der Waals surface area contributed by atoms with E-state index in [4.69, 9.17) is 15.1 Å². The lowest BCUT2D eigenvalue weighted by Gasteiger charge is -2.21. The van der Waals surface area contributed by atoms with E-state index in [0.29, 0.717) is 25.4 Å². The second kappa shape index (κ2) is 8.18. The largest absolute Gasteiger partial charge is 0.492 e. The molecule has 1 rings (SSSR count). The molecule has 1 aromatic carbocycles. The van der Waals surface area contributed by atoms with Crippen molar-refractivity contribution in [3.63, 3.8) is 0 Å². The molecule has 1 N–H and O–H groups in total. The fourth-order valence-corrected chi connectivity index (χ4v) is 1.82. The fourth-order valence-electron chi connectivity index (χ4n) is 1.82. The van der Waals surface area contributed by atoms with E-state index in [9.17, 15) is 4.79 Å². The topological polar surface area (TPSA) is 73.6 Å². The zero-order chi connectivity index (χ0) is 15.0. The third-order valence-electron chi connectivity index (χ3n) is 2.96. The molecule has 0 aliphatic carbocycles. The van der Waals surface area contributed by atoms with Crippen LogP contribution >= 0.6 is 0 Å². The van der Waals surface area contributed by atoms with Crippen LogP contribution in [0.5, 0.6) is 5.75 Å². The smallest absolute Gasteiger partial charge is 0.335 e. The number of nitrogens with zero attached hydrogens (tertiary/aromatic N) is 2. The monoisotopic (exact) mass is 276 g/mol. The van der Waals surface area contributed by atoms with Crippen LogP contribution in [0, 0.1) is 17.2 Å². The van der Waals surface area contributed by atoms with Crippen molar-refractivity contribution in [2.75, 3.05) is 26.2 Å². The van der Waals surface area contributed by atoms with Gasteiger partial charge in [-0.05, 0) is 31.7 Å². The number of carboxylic acid groups (broad SMARTS) is 1. The Labute approximate surface area is 119 Å². The molecule has 0 saturated heterocycles. The SMILES string of the molecule is CCN(CCOc1cccc(C(=O)O)c1)CC(C)C#N. The maximum absolute atomic E-state index is 10.8. The number of hydrogen-bond donors (Lipinski definition) is 1. The number of hydrogen-bond acceptors (Lipinski definition) is 4. The van der Waals surface area contributed by atoms with Crippen molar-refractivity contribution in [1.29, 1.82) is 5.26 Å². The van der Waals surface area contributed by atoms with Gasteiger partial charge < -0.3 is 9.84 Å². The van der Waals surface area contributed by atoms with Crippen molar-refractivity contribution in [3.8, 4) is 11.8 Å². The van der Waals surface area contributed by atoms with Crippen molar-refractivity contribution in [1.82, 2.24) is 4.90 Å². The van der Waals surface area contributed by atoms with Crippen LogP contribution in [-0.2, 0) is 0 Å². The highest BCUT2D eigenvalue weighted by molar-refractivity contribution is 5.87. The maximum Gasteiger partial charge on any atom is 0.335 e. The van der Waals surface area contributed by atoms with Gasteiger partial charge in [0.1, 0.15) is 12.4 Å². The number of benzene rings is 1. The number of carboxylic acids is 1. The van der Waals surface area contributed by atoms with Crippen LogP contribution in [0.4, 0.5) is 0 Å². The van der Waals surface area contributed by atoms with E-state index in [1.54, 1.807) is 12.1 Å². The molecule has 1 unspecified atom stereocenters. The zero-order valence-electron chi connectivity index (χ0n) is 11.9. The van der Waals surface area contributed by atoms with Crippen LogP contribution in [0.25, 0.3) is 0 Å². The van der Waals surface area contributed by atoms with Crippen LogP contribution in [0.3, 0.4) is 0 Å².